The van der Waals surface area contributed by atoms with Gasteiger partial charge in [0.15, 0.2) is 0 Å². The van der Waals surface area contributed by atoms with Gasteiger partial charge in [-0.05, 0) is 37.1 Å². The van der Waals surface area contributed by atoms with Crippen molar-refractivity contribution >= 4 is 36.2 Å². The molecule has 0 aliphatic carbocycles. The summed E-state index contributed by atoms with van der Waals surface area (Å²) in [6, 6.07) is 22.6. The summed E-state index contributed by atoms with van der Waals surface area (Å²) in [7, 11) is 0. The van der Waals surface area contributed by atoms with Crippen molar-refractivity contribution in [2.24, 2.45) is 0 Å². The summed E-state index contributed by atoms with van der Waals surface area (Å²) >= 11 is 0. The molecule has 0 bridgehead atoms. The number of hydrogen-bond donors (Lipinski definition) is 0. The molecule has 0 aliphatic heterocycles. The molecule has 0 atom stereocenters. The minimum Gasteiger partial charge on any atom is -0.423 e. The Morgan fingerprint density at radius 1 is 0.588 bits per heavy atom. The average Bonchev–Trinajstić information content (AvgIpc) is 2.83. The van der Waals surface area contributed by atoms with Crippen molar-refractivity contribution in [3.8, 4) is 11.5 Å². The highest BCUT2D eigenvalue weighted by Gasteiger charge is 2.09. The third-order valence-electron chi connectivity index (χ3n) is 4.79. The first-order valence-electron chi connectivity index (χ1n) is 10.7. The van der Waals surface area contributed by atoms with Crippen molar-refractivity contribution in [2.45, 2.75) is 13.8 Å². The standard InChI is InChI=1S/C30H26O4/c1-21(2)29(31)33-27-11-7-5-9-25(27)19-17-23-13-15-24(16-14-23)18-20-26-10-6-8-12-28(26)34-30(32)22(3)4/h5-20H,1,3H2,2,4H3. The van der Waals surface area contributed by atoms with Gasteiger partial charge in [0.2, 0.25) is 0 Å². The van der Waals surface area contributed by atoms with Gasteiger partial charge in [0, 0.05) is 22.3 Å². The van der Waals surface area contributed by atoms with Crippen molar-refractivity contribution in [1.82, 2.24) is 0 Å². The predicted octanol–water partition coefficient (Wildman–Crippen LogP) is 6.99. The normalized spacial score (nSPS) is 10.9. The zero-order chi connectivity index (χ0) is 24.5. The first-order chi connectivity index (χ1) is 16.3. The molecule has 0 unspecified atom stereocenters. The van der Waals surface area contributed by atoms with Crippen LogP contribution in [-0.4, -0.2) is 11.9 Å². The molecule has 0 spiro atoms. The smallest absolute Gasteiger partial charge is 0.338 e. The molecule has 3 aromatic carbocycles. The molecular weight excluding hydrogens is 424 g/mol. The summed E-state index contributed by atoms with van der Waals surface area (Å²) in [5.41, 5.74) is 4.27. The molecule has 34 heavy (non-hydrogen) atoms. The molecule has 0 N–H and O–H groups in total. The van der Waals surface area contributed by atoms with E-state index >= 15 is 0 Å². The van der Waals surface area contributed by atoms with Gasteiger partial charge in [-0.2, -0.15) is 0 Å². The molecule has 0 fully saturated rings. The van der Waals surface area contributed by atoms with Crippen molar-refractivity contribution in [3.05, 3.63) is 119 Å². The van der Waals surface area contributed by atoms with E-state index in [0.29, 0.717) is 22.6 Å². The van der Waals surface area contributed by atoms with Crippen LogP contribution in [0.4, 0.5) is 0 Å². The summed E-state index contributed by atoms with van der Waals surface area (Å²) in [6.45, 7) is 10.5. The van der Waals surface area contributed by atoms with E-state index in [1.165, 1.54) is 0 Å². The second kappa shape index (κ2) is 11.4. The van der Waals surface area contributed by atoms with Gasteiger partial charge in [0.25, 0.3) is 0 Å². The number of rotatable bonds is 8. The lowest BCUT2D eigenvalue weighted by molar-refractivity contribution is -0.130. The molecule has 0 aromatic heterocycles. The van der Waals surface area contributed by atoms with Gasteiger partial charge in [-0.1, -0.05) is 98.1 Å². The van der Waals surface area contributed by atoms with Crippen molar-refractivity contribution < 1.29 is 19.1 Å². The van der Waals surface area contributed by atoms with E-state index in [0.717, 1.165) is 22.3 Å². The fourth-order valence-electron chi connectivity index (χ4n) is 2.89. The van der Waals surface area contributed by atoms with Crippen LogP contribution in [0.1, 0.15) is 36.1 Å². The molecule has 3 rings (SSSR count). The van der Waals surface area contributed by atoms with Gasteiger partial charge in [-0.15, -0.1) is 0 Å². The highest BCUT2D eigenvalue weighted by atomic mass is 16.5. The highest BCUT2D eigenvalue weighted by Crippen LogP contribution is 2.23. The fourth-order valence-corrected chi connectivity index (χ4v) is 2.89. The van der Waals surface area contributed by atoms with Crippen LogP contribution in [0.5, 0.6) is 11.5 Å². The number of carbonyl (C=O) groups is 2. The van der Waals surface area contributed by atoms with E-state index < -0.39 is 11.9 Å². The van der Waals surface area contributed by atoms with Gasteiger partial charge < -0.3 is 9.47 Å². The lowest BCUT2D eigenvalue weighted by atomic mass is 10.1. The molecule has 0 amide bonds. The Hall–Kier alpha value is -4.44. The third-order valence-corrected chi connectivity index (χ3v) is 4.79. The molecule has 3 aromatic rings. The maximum atomic E-state index is 11.9. The van der Waals surface area contributed by atoms with E-state index in [2.05, 4.69) is 13.2 Å². The first-order valence-corrected chi connectivity index (χ1v) is 10.7. The maximum Gasteiger partial charge on any atom is 0.338 e. The van der Waals surface area contributed by atoms with Crippen LogP contribution < -0.4 is 9.47 Å². The minimum atomic E-state index is -0.451. The molecule has 4 nitrogen and oxygen atoms in total. The molecular formula is C30H26O4. The molecule has 0 heterocycles. The summed E-state index contributed by atoms with van der Waals surface area (Å²) in [5.74, 6) is 0.0653. The number of carbonyl (C=O) groups excluding carboxylic acids is 2. The van der Waals surface area contributed by atoms with Crippen molar-refractivity contribution in [3.63, 3.8) is 0 Å². The lowest BCUT2D eigenvalue weighted by Gasteiger charge is -2.07. The zero-order valence-electron chi connectivity index (χ0n) is 19.3. The van der Waals surface area contributed by atoms with Gasteiger partial charge in [0.05, 0.1) is 0 Å². The summed E-state index contributed by atoms with van der Waals surface area (Å²) < 4.78 is 10.8. The van der Waals surface area contributed by atoms with Gasteiger partial charge >= 0.3 is 11.9 Å². The van der Waals surface area contributed by atoms with Crippen LogP contribution in [0, 0.1) is 0 Å². The van der Waals surface area contributed by atoms with Crippen LogP contribution >= 0.6 is 0 Å². The van der Waals surface area contributed by atoms with Crippen molar-refractivity contribution in [2.75, 3.05) is 0 Å². The highest BCUT2D eigenvalue weighted by molar-refractivity contribution is 5.90. The molecule has 0 radical (unpaired) electrons. The Morgan fingerprint density at radius 2 is 0.941 bits per heavy atom. The number of para-hydroxylation sites is 2. The van der Waals surface area contributed by atoms with Gasteiger partial charge in [0.1, 0.15) is 11.5 Å². The number of hydrogen-bond acceptors (Lipinski definition) is 4. The maximum absolute atomic E-state index is 11.9. The van der Waals surface area contributed by atoms with Crippen LogP contribution in [0.2, 0.25) is 0 Å². The second-order valence-electron chi connectivity index (χ2n) is 7.75. The average molecular weight is 451 g/mol. The van der Waals surface area contributed by atoms with Gasteiger partial charge in [-0.3, -0.25) is 0 Å². The number of ether oxygens (including phenoxy) is 2. The molecule has 0 saturated carbocycles. The number of esters is 2. The lowest BCUT2D eigenvalue weighted by Crippen LogP contribution is -2.08. The van der Waals surface area contributed by atoms with Crippen molar-refractivity contribution in [1.29, 1.82) is 0 Å². The Labute approximate surface area is 200 Å². The van der Waals surface area contributed by atoms with E-state index in [1.807, 2.05) is 85.0 Å². The van der Waals surface area contributed by atoms with Crippen LogP contribution in [0.3, 0.4) is 0 Å². The second-order valence-corrected chi connectivity index (χ2v) is 7.75. The Kier molecular flexibility index (Phi) is 8.14. The van der Waals surface area contributed by atoms with Crippen LogP contribution in [0.15, 0.2) is 97.1 Å². The van der Waals surface area contributed by atoms with E-state index in [4.69, 9.17) is 9.47 Å². The van der Waals surface area contributed by atoms with E-state index in [9.17, 15) is 9.59 Å². The van der Waals surface area contributed by atoms with E-state index in [1.54, 1.807) is 26.0 Å². The largest absolute Gasteiger partial charge is 0.423 e. The minimum absolute atomic E-state index is 0.346. The monoisotopic (exact) mass is 450 g/mol. The summed E-state index contributed by atoms with van der Waals surface area (Å²) in [5, 5.41) is 0. The predicted molar refractivity (Wildman–Crippen MR) is 138 cm³/mol. The summed E-state index contributed by atoms with van der Waals surface area (Å²) in [4.78, 5) is 23.7. The molecule has 170 valence electrons. The molecule has 0 saturated heterocycles. The Balaban J connectivity index is 1.72. The van der Waals surface area contributed by atoms with Crippen LogP contribution in [-0.2, 0) is 9.59 Å². The SMILES string of the molecule is C=C(C)C(=O)Oc1ccccc1C=Cc1ccc(C=Cc2ccccc2OC(=O)C(=C)C)cc1. The zero-order valence-corrected chi connectivity index (χ0v) is 19.3. The molecule has 0 aliphatic rings. The Morgan fingerprint density at radius 3 is 1.29 bits per heavy atom. The third kappa shape index (κ3) is 6.78. The number of benzene rings is 3. The first kappa shape index (κ1) is 24.2. The molecule has 4 heteroatoms. The van der Waals surface area contributed by atoms with E-state index in [-0.39, 0.29) is 0 Å². The quantitative estimate of drug-likeness (QED) is 0.161. The topological polar surface area (TPSA) is 52.6 Å². The fraction of sp³-hybridized carbons (Fsp3) is 0.0667. The summed E-state index contributed by atoms with van der Waals surface area (Å²) in [6.07, 6.45) is 7.71. The Bertz CT molecular complexity index is 1180. The van der Waals surface area contributed by atoms with Crippen LogP contribution in [0.25, 0.3) is 24.3 Å². The van der Waals surface area contributed by atoms with Gasteiger partial charge in [-0.25, -0.2) is 9.59 Å².